The SMILES string of the molecule is CCOc1ccc(NC(=S)N2CCN(C(=O)c3sc4cc([N+](=O)[O-])ccc4c3Cl)CC2)cc1. The number of nitrogens with one attached hydrogen (secondary N) is 1. The Bertz CT molecular complexity index is 1210. The summed E-state index contributed by atoms with van der Waals surface area (Å²) in [5.74, 6) is 0.629. The zero-order chi connectivity index (χ0) is 23.5. The summed E-state index contributed by atoms with van der Waals surface area (Å²) in [5.41, 5.74) is 0.842. The summed E-state index contributed by atoms with van der Waals surface area (Å²) >= 11 is 13.2. The third kappa shape index (κ3) is 5.02. The Labute approximate surface area is 204 Å². The minimum Gasteiger partial charge on any atom is -0.494 e. The fourth-order valence-corrected chi connectivity index (χ4v) is 5.38. The van der Waals surface area contributed by atoms with E-state index in [1.54, 1.807) is 11.0 Å². The van der Waals surface area contributed by atoms with E-state index in [0.29, 0.717) is 57.9 Å². The largest absolute Gasteiger partial charge is 0.494 e. The van der Waals surface area contributed by atoms with Gasteiger partial charge in [-0.2, -0.15) is 0 Å². The second kappa shape index (κ2) is 9.90. The average molecular weight is 505 g/mol. The van der Waals surface area contributed by atoms with Crippen LogP contribution in [0.1, 0.15) is 16.6 Å². The van der Waals surface area contributed by atoms with Crippen LogP contribution in [0, 0.1) is 10.1 Å². The maximum absolute atomic E-state index is 13.1. The van der Waals surface area contributed by atoms with Crippen molar-refractivity contribution in [3.63, 3.8) is 0 Å². The first-order chi connectivity index (χ1) is 15.9. The lowest BCUT2D eigenvalue weighted by Crippen LogP contribution is -2.51. The normalized spacial score (nSPS) is 13.8. The van der Waals surface area contributed by atoms with E-state index in [1.807, 2.05) is 36.1 Å². The van der Waals surface area contributed by atoms with Gasteiger partial charge in [0.15, 0.2) is 5.11 Å². The third-order valence-corrected chi connectivity index (χ3v) is 7.29. The van der Waals surface area contributed by atoms with Gasteiger partial charge in [0.05, 0.1) is 16.6 Å². The van der Waals surface area contributed by atoms with Gasteiger partial charge in [-0.3, -0.25) is 14.9 Å². The predicted octanol–water partition coefficient (Wildman–Crippen LogP) is 5.02. The molecule has 11 heteroatoms. The topological polar surface area (TPSA) is 88.0 Å². The first-order valence-electron chi connectivity index (χ1n) is 10.3. The van der Waals surface area contributed by atoms with E-state index >= 15 is 0 Å². The van der Waals surface area contributed by atoms with Gasteiger partial charge in [-0.1, -0.05) is 11.6 Å². The molecule has 1 aromatic heterocycles. The highest BCUT2D eigenvalue weighted by molar-refractivity contribution is 7.80. The van der Waals surface area contributed by atoms with E-state index in [4.69, 9.17) is 28.6 Å². The molecule has 2 heterocycles. The number of hydrogen-bond acceptors (Lipinski definition) is 6. The number of thiophene rings is 1. The number of anilines is 1. The third-order valence-electron chi connectivity index (χ3n) is 5.29. The van der Waals surface area contributed by atoms with Crippen LogP contribution in [0.4, 0.5) is 11.4 Å². The predicted molar refractivity (Wildman–Crippen MR) is 135 cm³/mol. The molecule has 0 unspecified atom stereocenters. The van der Waals surface area contributed by atoms with Crippen LogP contribution in [-0.4, -0.2) is 58.5 Å². The van der Waals surface area contributed by atoms with Gasteiger partial charge < -0.3 is 19.9 Å². The Kier molecular flexibility index (Phi) is 6.96. The van der Waals surface area contributed by atoms with Crippen molar-refractivity contribution < 1.29 is 14.5 Å². The van der Waals surface area contributed by atoms with E-state index < -0.39 is 4.92 Å². The number of benzene rings is 2. The maximum atomic E-state index is 13.1. The van der Waals surface area contributed by atoms with Crippen molar-refractivity contribution in [3.05, 3.63) is 62.5 Å². The van der Waals surface area contributed by atoms with Crippen molar-refractivity contribution >= 4 is 67.6 Å². The molecule has 0 aliphatic carbocycles. The van der Waals surface area contributed by atoms with Crippen molar-refractivity contribution in [2.75, 3.05) is 38.1 Å². The van der Waals surface area contributed by atoms with E-state index in [1.165, 1.54) is 23.5 Å². The molecule has 3 aromatic rings. The van der Waals surface area contributed by atoms with E-state index in [9.17, 15) is 14.9 Å². The second-order valence-electron chi connectivity index (χ2n) is 7.35. The number of nitro groups is 1. The first kappa shape index (κ1) is 23.2. The Balaban J connectivity index is 1.38. The van der Waals surface area contributed by atoms with Crippen LogP contribution in [0.5, 0.6) is 5.75 Å². The van der Waals surface area contributed by atoms with Crippen LogP contribution < -0.4 is 10.1 Å². The Morgan fingerprint density at radius 3 is 2.48 bits per heavy atom. The number of nitrogens with zero attached hydrogens (tertiary/aromatic N) is 3. The van der Waals surface area contributed by atoms with Crippen molar-refractivity contribution in [1.29, 1.82) is 0 Å². The molecule has 33 heavy (non-hydrogen) atoms. The lowest BCUT2D eigenvalue weighted by Gasteiger charge is -2.36. The molecular weight excluding hydrogens is 484 g/mol. The number of carbonyl (C=O) groups excluding carboxylic acids is 1. The van der Waals surface area contributed by atoms with Gasteiger partial charge in [-0.25, -0.2) is 0 Å². The van der Waals surface area contributed by atoms with E-state index in [2.05, 4.69) is 5.32 Å². The summed E-state index contributed by atoms with van der Waals surface area (Å²) in [6, 6.07) is 12.0. The van der Waals surface area contributed by atoms with Gasteiger partial charge in [0.2, 0.25) is 0 Å². The summed E-state index contributed by atoms with van der Waals surface area (Å²) in [7, 11) is 0. The number of rotatable bonds is 5. The monoisotopic (exact) mass is 504 g/mol. The summed E-state index contributed by atoms with van der Waals surface area (Å²) in [5, 5.41) is 15.8. The molecule has 1 aliphatic rings. The molecule has 1 N–H and O–H groups in total. The minimum atomic E-state index is -0.460. The number of amides is 1. The van der Waals surface area contributed by atoms with Crippen LogP contribution in [-0.2, 0) is 0 Å². The average Bonchev–Trinajstić information content (AvgIpc) is 3.16. The standard InChI is InChI=1S/C22H21ClN4O4S2/c1-2-31-16-6-3-14(4-7-16)24-22(32)26-11-9-25(10-12-26)21(28)20-19(23)17-8-5-15(27(29)30)13-18(17)33-20/h3-8,13H,2,9-12H2,1H3,(H,24,32). The summed E-state index contributed by atoms with van der Waals surface area (Å²) < 4.78 is 6.07. The highest BCUT2D eigenvalue weighted by atomic mass is 35.5. The van der Waals surface area contributed by atoms with Crippen LogP contribution in [0.25, 0.3) is 10.1 Å². The Morgan fingerprint density at radius 2 is 1.85 bits per heavy atom. The maximum Gasteiger partial charge on any atom is 0.270 e. The van der Waals surface area contributed by atoms with Crippen LogP contribution in [0.3, 0.4) is 0 Å². The molecule has 0 radical (unpaired) electrons. The number of thiocarbonyl (C=S) groups is 1. The van der Waals surface area contributed by atoms with Crippen molar-refractivity contribution in [2.24, 2.45) is 0 Å². The minimum absolute atomic E-state index is 0.0263. The second-order valence-corrected chi connectivity index (χ2v) is 9.17. The van der Waals surface area contributed by atoms with Crippen LogP contribution in [0.15, 0.2) is 42.5 Å². The number of fused-ring (bicyclic) bond motifs is 1. The fourth-order valence-electron chi connectivity index (χ4n) is 3.56. The molecule has 8 nitrogen and oxygen atoms in total. The molecule has 0 atom stereocenters. The number of piperazine rings is 1. The van der Waals surface area contributed by atoms with Gasteiger partial charge in [0, 0.05) is 54.1 Å². The number of nitro benzene ring substituents is 1. The smallest absolute Gasteiger partial charge is 0.270 e. The highest BCUT2D eigenvalue weighted by Crippen LogP contribution is 2.38. The number of hydrogen-bond donors (Lipinski definition) is 1. The van der Waals surface area contributed by atoms with E-state index in [-0.39, 0.29) is 11.6 Å². The zero-order valence-electron chi connectivity index (χ0n) is 17.7. The lowest BCUT2D eigenvalue weighted by atomic mass is 10.2. The molecule has 1 amide bonds. The van der Waals surface area contributed by atoms with Gasteiger partial charge in [-0.05, 0) is 49.5 Å². The molecule has 1 fully saturated rings. The highest BCUT2D eigenvalue weighted by Gasteiger charge is 2.27. The number of carbonyl (C=O) groups is 1. The fraction of sp³-hybridized carbons (Fsp3) is 0.273. The molecule has 1 aliphatic heterocycles. The molecule has 172 valence electrons. The Hall–Kier alpha value is -2.95. The number of non-ortho nitro benzene ring substituents is 1. The lowest BCUT2D eigenvalue weighted by molar-refractivity contribution is -0.384. The van der Waals surface area contributed by atoms with E-state index in [0.717, 1.165) is 11.4 Å². The number of ether oxygens (including phenoxy) is 1. The molecule has 4 rings (SSSR count). The molecule has 0 saturated carbocycles. The zero-order valence-corrected chi connectivity index (χ0v) is 20.1. The molecule has 2 aromatic carbocycles. The number of halogens is 1. The van der Waals surface area contributed by atoms with Gasteiger partial charge >= 0.3 is 0 Å². The van der Waals surface area contributed by atoms with Crippen molar-refractivity contribution in [3.8, 4) is 5.75 Å². The quantitative estimate of drug-likeness (QED) is 0.296. The summed E-state index contributed by atoms with van der Waals surface area (Å²) in [6.45, 7) is 4.71. The first-order valence-corrected chi connectivity index (χ1v) is 11.9. The molecule has 1 saturated heterocycles. The van der Waals surface area contributed by atoms with Crippen LogP contribution >= 0.6 is 35.2 Å². The summed E-state index contributed by atoms with van der Waals surface area (Å²) in [4.78, 5) is 27.8. The molecule has 0 bridgehead atoms. The Morgan fingerprint density at radius 1 is 1.18 bits per heavy atom. The molecular formula is C22H21ClN4O4S2. The summed E-state index contributed by atoms with van der Waals surface area (Å²) in [6.07, 6.45) is 0. The molecule has 0 spiro atoms. The van der Waals surface area contributed by atoms with Crippen LogP contribution in [0.2, 0.25) is 5.02 Å². The van der Waals surface area contributed by atoms with Gasteiger partial charge in [0.1, 0.15) is 10.6 Å². The van der Waals surface area contributed by atoms with Crippen molar-refractivity contribution in [1.82, 2.24) is 9.80 Å². The van der Waals surface area contributed by atoms with Crippen molar-refractivity contribution in [2.45, 2.75) is 6.92 Å². The van der Waals surface area contributed by atoms with Gasteiger partial charge in [-0.15, -0.1) is 11.3 Å². The van der Waals surface area contributed by atoms with Gasteiger partial charge in [0.25, 0.3) is 11.6 Å².